The topological polar surface area (TPSA) is 18.5 Å². The number of rotatable bonds is 4. The van der Waals surface area contributed by atoms with Crippen molar-refractivity contribution in [3.63, 3.8) is 0 Å². The Morgan fingerprint density at radius 1 is 1.38 bits per heavy atom. The quantitative estimate of drug-likeness (QED) is 0.618. The van der Waals surface area contributed by atoms with Crippen LogP contribution in [0.25, 0.3) is 0 Å². The molecule has 2 nitrogen and oxygen atoms in total. The minimum Gasteiger partial charge on any atom is -0.357 e. The smallest absolute Gasteiger partial charge is 0.126 e. The fourth-order valence-corrected chi connectivity index (χ4v) is 0.667. The summed E-state index contributed by atoms with van der Waals surface area (Å²) in [6, 6.07) is 0. The average Bonchev–Trinajstić information content (AvgIpc) is 2.19. The first-order valence-corrected chi connectivity index (χ1v) is 4.38. The summed E-state index contributed by atoms with van der Waals surface area (Å²) in [6.07, 6.45) is 1.21. The van der Waals surface area contributed by atoms with Crippen LogP contribution in [0.3, 0.4) is 0 Å². The van der Waals surface area contributed by atoms with Crippen LogP contribution in [0.15, 0.2) is 0 Å². The Bertz CT molecular complexity index is 180. The van der Waals surface area contributed by atoms with Crippen molar-refractivity contribution in [2.75, 3.05) is 0 Å². The van der Waals surface area contributed by atoms with Crippen LogP contribution < -0.4 is 0 Å². The van der Waals surface area contributed by atoms with Crippen molar-refractivity contribution in [2.45, 2.75) is 45.3 Å². The van der Waals surface area contributed by atoms with Crippen molar-refractivity contribution < 1.29 is 9.47 Å². The van der Waals surface area contributed by atoms with Gasteiger partial charge in [0.1, 0.15) is 25.9 Å². The summed E-state index contributed by atoms with van der Waals surface area (Å²) in [4.78, 5) is 0. The Morgan fingerprint density at radius 2 is 2.00 bits per heavy atom. The second-order valence-electron chi connectivity index (χ2n) is 3.00. The fraction of sp³-hybridized carbons (Fsp3) is 0.636. The summed E-state index contributed by atoms with van der Waals surface area (Å²) in [6.45, 7) is 5.72. The van der Waals surface area contributed by atoms with E-state index in [0.29, 0.717) is 0 Å². The first-order chi connectivity index (χ1) is 6.11. The van der Waals surface area contributed by atoms with Crippen LogP contribution in [-0.4, -0.2) is 11.7 Å². The summed E-state index contributed by atoms with van der Waals surface area (Å²) in [5, 5.41) is 0. The maximum Gasteiger partial charge on any atom is 0.126 e. The van der Waals surface area contributed by atoms with E-state index in [1.54, 1.807) is 0 Å². The number of ether oxygens (including phenoxy) is 2. The van der Waals surface area contributed by atoms with Gasteiger partial charge in [0.15, 0.2) is 0 Å². The molecule has 0 rings (SSSR count). The van der Waals surface area contributed by atoms with Gasteiger partial charge in [-0.3, -0.25) is 0 Å². The lowest BCUT2D eigenvalue weighted by Gasteiger charge is -2.19. The molecule has 0 aliphatic rings. The molecule has 0 spiro atoms. The Kier molecular flexibility index (Phi) is 5.77. The molecule has 2 unspecified atom stereocenters. The van der Waals surface area contributed by atoms with Gasteiger partial charge in [-0.25, -0.2) is 0 Å². The molecule has 0 fully saturated rings. The van der Waals surface area contributed by atoms with E-state index in [0.717, 1.165) is 12.8 Å². The minimum absolute atomic E-state index is 0.249. The van der Waals surface area contributed by atoms with Gasteiger partial charge in [0.25, 0.3) is 0 Å². The molecule has 0 aliphatic heterocycles. The van der Waals surface area contributed by atoms with Crippen LogP contribution in [0, 0.1) is 26.1 Å². The van der Waals surface area contributed by atoms with Gasteiger partial charge in [-0.15, -0.1) is 0 Å². The third-order valence-electron chi connectivity index (χ3n) is 1.97. The highest BCUT2D eigenvalue weighted by Crippen LogP contribution is 2.12. The van der Waals surface area contributed by atoms with Crippen molar-refractivity contribution >= 4 is 0 Å². The van der Waals surface area contributed by atoms with Gasteiger partial charge in [0.2, 0.25) is 0 Å². The highest BCUT2D eigenvalue weighted by Gasteiger charge is 2.17. The molecule has 0 N–H and O–H groups in total. The third kappa shape index (κ3) is 4.31. The van der Waals surface area contributed by atoms with Crippen molar-refractivity contribution in [3.8, 4) is 11.8 Å². The summed E-state index contributed by atoms with van der Waals surface area (Å²) in [7, 11) is 10.1. The fourth-order valence-electron chi connectivity index (χ4n) is 0.667. The zero-order chi connectivity index (χ0) is 10.3. The monoisotopic (exact) mass is 180 g/mol. The van der Waals surface area contributed by atoms with Crippen molar-refractivity contribution in [2.24, 2.45) is 0 Å². The maximum absolute atomic E-state index is 5.11. The molecule has 0 aromatic rings. The highest BCUT2D eigenvalue weighted by atomic mass is 16.5. The SMILES string of the molecule is [CH]OC(C#CC(C)(CC)O[CH])CC. The molecule has 0 aliphatic carbocycles. The maximum atomic E-state index is 5.11. The molecule has 13 heavy (non-hydrogen) atoms. The highest BCUT2D eigenvalue weighted by molar-refractivity contribution is 5.15. The number of hydrogen-bond acceptors (Lipinski definition) is 2. The Labute approximate surface area is 81.6 Å². The summed E-state index contributed by atoms with van der Waals surface area (Å²) >= 11 is 0. The standard InChI is InChI=1S/C11H16O2/c1-6-10(12-4)8-9-11(3,7-2)13-5/h4-5,10H,6-7H2,1-3H3. The molecule has 72 valence electrons. The van der Waals surface area contributed by atoms with Crippen LogP contribution in [0.5, 0.6) is 0 Å². The normalized spacial score (nSPS) is 17.0. The van der Waals surface area contributed by atoms with Crippen LogP contribution in [0.2, 0.25) is 0 Å². The van der Waals surface area contributed by atoms with E-state index >= 15 is 0 Å². The van der Waals surface area contributed by atoms with Gasteiger partial charge < -0.3 is 9.47 Å². The third-order valence-corrected chi connectivity index (χ3v) is 1.97. The van der Waals surface area contributed by atoms with Gasteiger partial charge in [-0.1, -0.05) is 25.7 Å². The van der Waals surface area contributed by atoms with Crippen LogP contribution in [0.4, 0.5) is 0 Å². The van der Waals surface area contributed by atoms with E-state index in [9.17, 15) is 0 Å². The molecule has 2 atom stereocenters. The molecule has 0 amide bonds. The van der Waals surface area contributed by atoms with Crippen LogP contribution in [-0.2, 0) is 9.47 Å². The first-order valence-electron chi connectivity index (χ1n) is 4.38. The first kappa shape index (κ1) is 12.5. The predicted octanol–water partition coefficient (Wildman–Crippen LogP) is 2.31. The summed E-state index contributed by atoms with van der Waals surface area (Å²) in [5.41, 5.74) is -0.605. The molecule has 0 bridgehead atoms. The number of hydrogen-bond donors (Lipinski definition) is 0. The molecule has 0 aromatic heterocycles. The molecular weight excluding hydrogens is 164 g/mol. The van der Waals surface area contributed by atoms with Gasteiger partial charge >= 0.3 is 0 Å². The van der Waals surface area contributed by atoms with Gasteiger partial charge in [-0.2, -0.15) is 0 Å². The van der Waals surface area contributed by atoms with E-state index in [1.165, 1.54) is 0 Å². The zero-order valence-electron chi connectivity index (χ0n) is 8.46. The largest absolute Gasteiger partial charge is 0.357 e. The Morgan fingerprint density at radius 3 is 2.31 bits per heavy atom. The van der Waals surface area contributed by atoms with Crippen molar-refractivity contribution in [1.29, 1.82) is 0 Å². The lowest BCUT2D eigenvalue weighted by molar-refractivity contribution is 0.0852. The van der Waals surface area contributed by atoms with E-state index in [1.807, 2.05) is 20.8 Å². The molecule has 0 saturated heterocycles. The van der Waals surface area contributed by atoms with Crippen LogP contribution >= 0.6 is 0 Å². The lowest BCUT2D eigenvalue weighted by atomic mass is 10.0. The average molecular weight is 180 g/mol. The van der Waals surface area contributed by atoms with E-state index in [2.05, 4.69) is 16.6 Å². The zero-order valence-corrected chi connectivity index (χ0v) is 8.46. The molecular formula is C11H16O2. The summed E-state index contributed by atoms with van der Waals surface area (Å²) in [5.74, 6) is 5.75. The molecule has 0 aromatic carbocycles. The molecule has 4 radical (unpaired) electrons. The minimum atomic E-state index is -0.605. The second kappa shape index (κ2) is 6.01. The van der Waals surface area contributed by atoms with Gasteiger partial charge in [0, 0.05) is 0 Å². The Hall–Kier alpha value is -0.520. The molecule has 0 saturated carbocycles. The summed E-state index contributed by atoms with van der Waals surface area (Å²) < 4.78 is 9.37. The molecule has 0 heterocycles. The van der Waals surface area contributed by atoms with Crippen molar-refractivity contribution in [3.05, 3.63) is 14.2 Å². The van der Waals surface area contributed by atoms with Crippen molar-refractivity contribution in [1.82, 2.24) is 0 Å². The predicted molar refractivity (Wildman–Crippen MR) is 51.3 cm³/mol. The van der Waals surface area contributed by atoms with Gasteiger partial charge in [0.05, 0.1) is 0 Å². The van der Waals surface area contributed by atoms with Crippen LogP contribution in [0.1, 0.15) is 33.6 Å². The van der Waals surface area contributed by atoms with E-state index in [4.69, 9.17) is 19.0 Å². The van der Waals surface area contributed by atoms with E-state index in [-0.39, 0.29) is 6.10 Å². The molecule has 2 heteroatoms. The lowest BCUT2D eigenvalue weighted by Crippen LogP contribution is -2.23. The second-order valence-corrected chi connectivity index (χ2v) is 3.00. The Balaban J connectivity index is 4.34. The van der Waals surface area contributed by atoms with E-state index < -0.39 is 5.60 Å². The van der Waals surface area contributed by atoms with Gasteiger partial charge in [-0.05, 0) is 19.8 Å².